The summed E-state index contributed by atoms with van der Waals surface area (Å²) in [5.41, 5.74) is 1.23. The van der Waals surface area contributed by atoms with E-state index < -0.39 is 6.10 Å². The summed E-state index contributed by atoms with van der Waals surface area (Å²) in [6.07, 6.45) is -0.162. The Labute approximate surface area is 147 Å². The molecule has 5 heteroatoms. The molecule has 0 spiro atoms. The molecule has 0 aliphatic heterocycles. The van der Waals surface area contributed by atoms with Crippen LogP contribution in [0, 0.1) is 11.8 Å². The van der Waals surface area contributed by atoms with Gasteiger partial charge in [0.15, 0.2) is 0 Å². The van der Waals surface area contributed by atoms with Crippen molar-refractivity contribution in [3.8, 4) is 5.75 Å². The van der Waals surface area contributed by atoms with Crippen LogP contribution in [0.15, 0.2) is 54.6 Å². The molecule has 3 unspecified atom stereocenters. The lowest BCUT2D eigenvalue weighted by Crippen LogP contribution is -2.26. The first kappa shape index (κ1) is 17.0. The molecular formula is C20H21NO4. The van der Waals surface area contributed by atoms with Gasteiger partial charge in [-0.1, -0.05) is 43.3 Å². The zero-order chi connectivity index (χ0) is 17.8. The third-order valence-corrected chi connectivity index (χ3v) is 4.32. The highest BCUT2D eigenvalue weighted by molar-refractivity contribution is 5.96. The highest BCUT2D eigenvalue weighted by atomic mass is 16.5. The molecule has 0 saturated heterocycles. The summed E-state index contributed by atoms with van der Waals surface area (Å²) in [6, 6.07) is 16.1. The molecule has 0 radical (unpaired) electrons. The van der Waals surface area contributed by atoms with Gasteiger partial charge in [0.05, 0.1) is 13.0 Å². The normalized spacial score (nSPS) is 19.6. The number of rotatable bonds is 6. The number of methoxy groups -OCH3 is 1. The maximum Gasteiger partial charge on any atom is 0.310 e. The van der Waals surface area contributed by atoms with Gasteiger partial charge in [-0.15, -0.1) is 0 Å². The third-order valence-electron chi connectivity index (χ3n) is 4.32. The van der Waals surface area contributed by atoms with Gasteiger partial charge in [0, 0.05) is 17.3 Å². The van der Waals surface area contributed by atoms with E-state index in [-0.39, 0.29) is 17.8 Å². The Balaban J connectivity index is 1.77. The van der Waals surface area contributed by atoms with Gasteiger partial charge in [0.1, 0.15) is 5.75 Å². The van der Waals surface area contributed by atoms with E-state index >= 15 is 0 Å². The number of nitrogens with one attached hydrogen (secondary N) is 1. The Bertz CT molecular complexity index is 759. The van der Waals surface area contributed by atoms with Gasteiger partial charge < -0.3 is 14.8 Å². The summed E-state index contributed by atoms with van der Waals surface area (Å²) >= 11 is 0. The maximum atomic E-state index is 12.7. The van der Waals surface area contributed by atoms with Crippen molar-refractivity contribution < 1.29 is 19.1 Å². The van der Waals surface area contributed by atoms with Crippen LogP contribution in [0.3, 0.4) is 0 Å². The Morgan fingerprint density at radius 2 is 1.84 bits per heavy atom. The fraction of sp³-hybridized carbons (Fsp3) is 0.300. The first-order chi connectivity index (χ1) is 12.1. The van der Waals surface area contributed by atoms with Crippen molar-refractivity contribution in [2.24, 2.45) is 11.8 Å². The highest BCUT2D eigenvalue weighted by Gasteiger charge is 2.42. The van der Waals surface area contributed by atoms with Crippen LogP contribution in [0.4, 0.5) is 5.69 Å². The SMILES string of the molecule is COc1cccc(NC(=O)C(OC(=O)C2CC2C)c2ccccc2)c1. The fourth-order valence-electron chi connectivity index (χ4n) is 2.66. The van der Waals surface area contributed by atoms with Crippen molar-refractivity contribution in [2.75, 3.05) is 12.4 Å². The number of carbonyl (C=O) groups excluding carboxylic acids is 2. The van der Waals surface area contributed by atoms with Gasteiger partial charge in [-0.2, -0.15) is 0 Å². The molecule has 130 valence electrons. The van der Waals surface area contributed by atoms with Gasteiger partial charge in [-0.3, -0.25) is 9.59 Å². The molecule has 25 heavy (non-hydrogen) atoms. The summed E-state index contributed by atoms with van der Waals surface area (Å²) in [4.78, 5) is 25.0. The van der Waals surface area contributed by atoms with Gasteiger partial charge in [-0.25, -0.2) is 0 Å². The van der Waals surface area contributed by atoms with Crippen LogP contribution < -0.4 is 10.1 Å². The number of hydrogen-bond donors (Lipinski definition) is 1. The fourth-order valence-corrected chi connectivity index (χ4v) is 2.66. The molecule has 0 heterocycles. The van der Waals surface area contributed by atoms with Gasteiger partial charge in [0.25, 0.3) is 5.91 Å². The molecule has 2 aromatic rings. The molecule has 5 nitrogen and oxygen atoms in total. The molecule has 2 aromatic carbocycles. The number of anilines is 1. The summed E-state index contributed by atoms with van der Waals surface area (Å²) in [6.45, 7) is 2.00. The summed E-state index contributed by atoms with van der Waals surface area (Å²) < 4.78 is 10.7. The van der Waals surface area contributed by atoms with Crippen molar-refractivity contribution in [3.05, 3.63) is 60.2 Å². The average molecular weight is 339 g/mol. The number of carbonyl (C=O) groups is 2. The summed E-state index contributed by atoms with van der Waals surface area (Å²) in [7, 11) is 1.56. The molecule has 1 aliphatic carbocycles. The number of amides is 1. The van der Waals surface area contributed by atoms with Gasteiger partial charge >= 0.3 is 5.97 Å². The summed E-state index contributed by atoms with van der Waals surface area (Å²) in [5.74, 6) is 0.155. The van der Waals surface area contributed by atoms with E-state index in [1.54, 1.807) is 43.5 Å². The van der Waals surface area contributed by atoms with Crippen LogP contribution in [0.25, 0.3) is 0 Å². The zero-order valence-electron chi connectivity index (χ0n) is 14.3. The standard InChI is InChI=1S/C20H21NO4/c1-13-11-17(13)20(23)25-18(14-7-4-3-5-8-14)19(22)21-15-9-6-10-16(12-15)24-2/h3-10,12-13,17-18H,11H2,1-2H3,(H,21,22). The minimum absolute atomic E-state index is 0.101. The number of benzene rings is 2. The predicted molar refractivity (Wildman–Crippen MR) is 94.2 cm³/mol. The van der Waals surface area contributed by atoms with Crippen LogP contribution in [-0.4, -0.2) is 19.0 Å². The average Bonchev–Trinajstić information content (AvgIpc) is 3.37. The Hall–Kier alpha value is -2.82. The zero-order valence-corrected chi connectivity index (χ0v) is 14.3. The van der Waals surface area contributed by atoms with E-state index in [0.717, 1.165) is 6.42 Å². The molecular weight excluding hydrogens is 318 g/mol. The van der Waals surface area contributed by atoms with Crippen LogP contribution in [-0.2, 0) is 14.3 Å². The molecule has 1 aliphatic rings. The van der Waals surface area contributed by atoms with Crippen molar-refractivity contribution in [1.29, 1.82) is 0 Å². The van der Waals surface area contributed by atoms with E-state index in [0.29, 0.717) is 22.9 Å². The lowest BCUT2D eigenvalue weighted by Gasteiger charge is -2.18. The summed E-state index contributed by atoms with van der Waals surface area (Å²) in [5, 5.41) is 2.79. The van der Waals surface area contributed by atoms with Crippen molar-refractivity contribution in [3.63, 3.8) is 0 Å². The Morgan fingerprint density at radius 3 is 2.48 bits per heavy atom. The third kappa shape index (κ3) is 4.18. The molecule has 0 aromatic heterocycles. The highest BCUT2D eigenvalue weighted by Crippen LogP contribution is 2.39. The van der Waals surface area contributed by atoms with Gasteiger partial charge in [0.2, 0.25) is 6.10 Å². The molecule has 1 N–H and O–H groups in total. The molecule has 3 rings (SSSR count). The number of esters is 1. The maximum absolute atomic E-state index is 12.7. The second-order valence-electron chi connectivity index (χ2n) is 6.27. The van der Waals surface area contributed by atoms with Crippen LogP contribution in [0.5, 0.6) is 5.75 Å². The first-order valence-corrected chi connectivity index (χ1v) is 8.29. The Morgan fingerprint density at radius 1 is 1.12 bits per heavy atom. The minimum atomic E-state index is -0.979. The van der Waals surface area contributed by atoms with Crippen molar-refractivity contribution >= 4 is 17.6 Å². The largest absolute Gasteiger partial charge is 0.497 e. The van der Waals surface area contributed by atoms with Crippen LogP contribution in [0.2, 0.25) is 0 Å². The molecule has 1 amide bonds. The lowest BCUT2D eigenvalue weighted by molar-refractivity contribution is -0.156. The Kier molecular flexibility index (Phi) is 5.03. The lowest BCUT2D eigenvalue weighted by atomic mass is 10.1. The predicted octanol–water partition coefficient (Wildman–Crippen LogP) is 3.57. The molecule has 0 bridgehead atoms. The van der Waals surface area contributed by atoms with E-state index in [1.807, 2.05) is 25.1 Å². The molecule has 3 atom stereocenters. The van der Waals surface area contributed by atoms with E-state index in [9.17, 15) is 9.59 Å². The first-order valence-electron chi connectivity index (χ1n) is 8.29. The molecule has 1 saturated carbocycles. The van der Waals surface area contributed by atoms with Crippen LogP contribution >= 0.6 is 0 Å². The minimum Gasteiger partial charge on any atom is -0.497 e. The number of ether oxygens (including phenoxy) is 2. The quantitative estimate of drug-likeness (QED) is 0.817. The van der Waals surface area contributed by atoms with Crippen LogP contribution in [0.1, 0.15) is 25.0 Å². The van der Waals surface area contributed by atoms with Crippen molar-refractivity contribution in [2.45, 2.75) is 19.4 Å². The van der Waals surface area contributed by atoms with E-state index in [2.05, 4.69) is 5.32 Å². The van der Waals surface area contributed by atoms with Gasteiger partial charge in [-0.05, 0) is 24.5 Å². The molecule has 1 fully saturated rings. The second kappa shape index (κ2) is 7.38. The smallest absolute Gasteiger partial charge is 0.310 e. The van der Waals surface area contributed by atoms with E-state index in [1.165, 1.54) is 0 Å². The topological polar surface area (TPSA) is 64.6 Å². The van der Waals surface area contributed by atoms with Crippen molar-refractivity contribution in [1.82, 2.24) is 0 Å². The monoisotopic (exact) mass is 339 g/mol. The second-order valence-corrected chi connectivity index (χ2v) is 6.27. The number of hydrogen-bond acceptors (Lipinski definition) is 4. The van der Waals surface area contributed by atoms with E-state index in [4.69, 9.17) is 9.47 Å².